The monoisotopic (exact) mass is 824 g/mol. The van der Waals surface area contributed by atoms with Crippen molar-refractivity contribution in [1.82, 2.24) is 0 Å². The second-order valence-electron chi connectivity index (χ2n) is 9.39. The Balaban J connectivity index is 2.04. The molecular formula is C29H32Br4O8. The number of hydrogen-bond acceptors (Lipinski definition) is 8. The van der Waals surface area contributed by atoms with E-state index >= 15 is 0 Å². The Labute approximate surface area is 273 Å². The van der Waals surface area contributed by atoms with Gasteiger partial charge < -0.3 is 18.9 Å². The molecule has 12 heteroatoms. The van der Waals surface area contributed by atoms with Gasteiger partial charge in [-0.1, -0.05) is 27.7 Å². The van der Waals surface area contributed by atoms with Gasteiger partial charge in [-0.2, -0.15) is 0 Å². The number of carbonyl (C=O) groups excluding carboxylic acids is 4. The molecule has 2 rings (SSSR count). The minimum absolute atomic E-state index is 0.0990. The molecule has 2 aromatic carbocycles. The lowest BCUT2D eigenvalue weighted by Crippen LogP contribution is -2.20. The van der Waals surface area contributed by atoms with Gasteiger partial charge in [-0.15, -0.1) is 0 Å². The van der Waals surface area contributed by atoms with Crippen molar-refractivity contribution in [3.8, 4) is 11.5 Å². The summed E-state index contributed by atoms with van der Waals surface area (Å²) in [5, 5.41) is 0. The van der Waals surface area contributed by atoms with Crippen LogP contribution in [-0.2, 0) is 34.1 Å². The molecule has 0 saturated carbocycles. The van der Waals surface area contributed by atoms with Gasteiger partial charge in [0.25, 0.3) is 0 Å². The molecular weight excluding hydrogens is 796 g/mol. The zero-order valence-corrected chi connectivity index (χ0v) is 29.6. The molecule has 0 aromatic heterocycles. The van der Waals surface area contributed by atoms with Crippen LogP contribution in [0.15, 0.2) is 42.2 Å². The first kappa shape index (κ1) is 35.4. The van der Waals surface area contributed by atoms with E-state index in [1.165, 1.54) is 0 Å². The van der Waals surface area contributed by atoms with Gasteiger partial charge in [0.15, 0.2) is 0 Å². The van der Waals surface area contributed by atoms with Gasteiger partial charge in [-0.25, -0.2) is 9.59 Å². The van der Waals surface area contributed by atoms with Gasteiger partial charge in [0.1, 0.15) is 11.5 Å². The zero-order valence-electron chi connectivity index (χ0n) is 23.2. The van der Waals surface area contributed by atoms with Crippen molar-refractivity contribution in [1.29, 1.82) is 0 Å². The molecule has 0 atom stereocenters. The Morgan fingerprint density at radius 3 is 1.22 bits per heavy atom. The van der Waals surface area contributed by atoms with Gasteiger partial charge in [-0.05, 0) is 99.1 Å². The number of benzene rings is 2. The van der Waals surface area contributed by atoms with E-state index in [1.54, 1.807) is 13.8 Å². The fourth-order valence-electron chi connectivity index (χ4n) is 3.53. The minimum Gasteiger partial charge on any atom is -0.491 e. The molecule has 224 valence electrons. The molecule has 0 aliphatic rings. The Morgan fingerprint density at radius 2 is 0.927 bits per heavy atom. The van der Waals surface area contributed by atoms with Crippen LogP contribution in [0, 0.1) is 0 Å². The summed E-state index contributed by atoms with van der Waals surface area (Å²) in [6.07, 6.45) is 1.12. The zero-order chi connectivity index (χ0) is 30.7. The second kappa shape index (κ2) is 16.8. The van der Waals surface area contributed by atoms with Gasteiger partial charge in [0.05, 0.1) is 44.3 Å². The van der Waals surface area contributed by atoms with E-state index in [2.05, 4.69) is 77.6 Å². The highest BCUT2D eigenvalue weighted by Gasteiger charge is 2.27. The summed E-state index contributed by atoms with van der Waals surface area (Å²) in [7, 11) is 0. The lowest BCUT2D eigenvalue weighted by molar-refractivity contribution is -0.154. The van der Waals surface area contributed by atoms with Crippen molar-refractivity contribution in [3.63, 3.8) is 0 Å². The molecule has 0 N–H and O–H groups in total. The van der Waals surface area contributed by atoms with Crippen molar-refractivity contribution in [3.05, 3.63) is 53.3 Å². The lowest BCUT2D eigenvalue weighted by Gasteiger charge is -2.28. The summed E-state index contributed by atoms with van der Waals surface area (Å²) < 4.78 is 24.7. The fourth-order valence-corrected chi connectivity index (χ4v) is 6.36. The molecule has 0 heterocycles. The van der Waals surface area contributed by atoms with Crippen molar-refractivity contribution in [2.45, 2.75) is 58.8 Å². The van der Waals surface area contributed by atoms with Crippen LogP contribution in [0.4, 0.5) is 0 Å². The van der Waals surface area contributed by atoms with E-state index < -0.39 is 28.9 Å². The molecule has 8 nitrogen and oxygen atoms in total. The molecule has 0 fully saturated rings. The number of Topliss-reactive ketones (excluding diaryl/α,β-unsaturated/α-hetero) is 2. The molecule has 0 aliphatic heterocycles. The summed E-state index contributed by atoms with van der Waals surface area (Å²) in [4.78, 5) is 45.6. The third kappa shape index (κ3) is 10.2. The number of ether oxygens (including phenoxy) is 4. The third-order valence-electron chi connectivity index (χ3n) is 6.07. The lowest BCUT2D eigenvalue weighted by atomic mass is 9.78. The van der Waals surface area contributed by atoms with Gasteiger partial charge in [0, 0.05) is 31.1 Å². The Kier molecular flexibility index (Phi) is 14.5. The van der Waals surface area contributed by atoms with Crippen molar-refractivity contribution in [2.24, 2.45) is 0 Å². The van der Waals surface area contributed by atoms with E-state index in [0.29, 0.717) is 37.6 Å². The molecule has 0 spiro atoms. The first-order valence-electron chi connectivity index (χ1n) is 13.0. The van der Waals surface area contributed by atoms with Gasteiger partial charge >= 0.3 is 11.9 Å². The van der Waals surface area contributed by atoms with Crippen LogP contribution < -0.4 is 9.47 Å². The standard InChI is InChI=1S/C29H32Br4O8/c1-5-23(34)27(36)40-11-7-9-38-25-19(30)13-17(14-20(25)31)29(3,4)18-15-21(32)26(22(33)16-18)39-10-8-12-41-28(37)24(35)6-2/h13-16H,5-12H2,1-4H3. The molecule has 2 aromatic rings. The molecule has 0 saturated heterocycles. The molecule has 41 heavy (non-hydrogen) atoms. The van der Waals surface area contributed by atoms with E-state index in [9.17, 15) is 19.2 Å². The molecule has 0 aliphatic carbocycles. The smallest absolute Gasteiger partial charge is 0.374 e. The largest absolute Gasteiger partial charge is 0.491 e. The average molecular weight is 828 g/mol. The number of halogens is 4. The van der Waals surface area contributed by atoms with Crippen LogP contribution in [0.5, 0.6) is 11.5 Å². The van der Waals surface area contributed by atoms with Gasteiger partial charge in [-0.3, -0.25) is 9.59 Å². The van der Waals surface area contributed by atoms with E-state index in [1.807, 2.05) is 24.3 Å². The van der Waals surface area contributed by atoms with Gasteiger partial charge in [0.2, 0.25) is 11.6 Å². The van der Waals surface area contributed by atoms with Crippen LogP contribution >= 0.6 is 63.7 Å². The topological polar surface area (TPSA) is 105 Å². The second-order valence-corrected chi connectivity index (χ2v) is 12.8. The van der Waals surface area contributed by atoms with E-state index in [0.717, 1.165) is 29.0 Å². The van der Waals surface area contributed by atoms with Crippen molar-refractivity contribution >= 4 is 87.2 Å². The summed E-state index contributed by atoms with van der Waals surface area (Å²) >= 11 is 14.5. The number of carbonyl (C=O) groups is 4. The van der Waals surface area contributed by atoms with E-state index in [-0.39, 0.29) is 26.1 Å². The third-order valence-corrected chi connectivity index (χ3v) is 8.43. The average Bonchev–Trinajstić information content (AvgIpc) is 2.93. The number of ketones is 2. The fraction of sp³-hybridized carbons (Fsp3) is 0.448. The first-order valence-corrected chi connectivity index (χ1v) is 16.1. The normalized spacial score (nSPS) is 11.1. The molecule has 0 unspecified atom stereocenters. The maximum atomic E-state index is 11.5. The minimum atomic E-state index is -0.817. The Morgan fingerprint density at radius 1 is 0.610 bits per heavy atom. The van der Waals surface area contributed by atoms with Crippen LogP contribution in [0.3, 0.4) is 0 Å². The molecule has 0 radical (unpaired) electrons. The summed E-state index contributed by atoms with van der Waals surface area (Å²) in [6.45, 7) is 8.23. The number of esters is 2. The summed E-state index contributed by atoms with van der Waals surface area (Å²) in [6, 6.07) is 7.99. The summed E-state index contributed by atoms with van der Waals surface area (Å²) in [5.74, 6) is -1.48. The highest BCUT2D eigenvalue weighted by Crippen LogP contribution is 2.44. The molecule has 0 bridgehead atoms. The Hall–Kier alpha value is -1.76. The highest BCUT2D eigenvalue weighted by atomic mass is 79.9. The first-order chi connectivity index (χ1) is 19.3. The predicted molar refractivity (Wildman–Crippen MR) is 169 cm³/mol. The number of hydrogen-bond donors (Lipinski definition) is 0. The highest BCUT2D eigenvalue weighted by molar-refractivity contribution is 9.11. The SMILES string of the molecule is CCC(=O)C(=O)OCCCOc1c(Br)cc(C(C)(C)c2cc(Br)c(OCCCOC(=O)C(=O)CC)c(Br)c2)cc1Br. The maximum absolute atomic E-state index is 11.5. The van der Waals surface area contributed by atoms with Crippen LogP contribution in [-0.4, -0.2) is 49.9 Å². The van der Waals surface area contributed by atoms with Crippen molar-refractivity contribution in [2.75, 3.05) is 26.4 Å². The Bertz CT molecular complexity index is 1130. The molecule has 0 amide bonds. The quantitative estimate of drug-likeness (QED) is 0.0967. The number of rotatable bonds is 16. The van der Waals surface area contributed by atoms with Crippen LogP contribution in [0.1, 0.15) is 64.5 Å². The maximum Gasteiger partial charge on any atom is 0.374 e. The van der Waals surface area contributed by atoms with Crippen LogP contribution in [0.2, 0.25) is 0 Å². The van der Waals surface area contributed by atoms with Crippen LogP contribution in [0.25, 0.3) is 0 Å². The van der Waals surface area contributed by atoms with E-state index in [4.69, 9.17) is 18.9 Å². The summed E-state index contributed by atoms with van der Waals surface area (Å²) in [5.41, 5.74) is 1.63. The predicted octanol–water partition coefficient (Wildman–Crippen LogP) is 7.64. The van der Waals surface area contributed by atoms with Crippen molar-refractivity contribution < 1.29 is 38.1 Å².